The van der Waals surface area contributed by atoms with Gasteiger partial charge in [-0.2, -0.15) is 0 Å². The first-order valence-corrected chi connectivity index (χ1v) is 7.33. The van der Waals surface area contributed by atoms with E-state index in [-0.39, 0.29) is 0 Å². The Hall–Kier alpha value is -1.19. The number of hydrogen-bond donors (Lipinski definition) is 1. The molecule has 1 N–H and O–H groups in total. The lowest BCUT2D eigenvalue weighted by atomic mass is 10.1. The SMILES string of the molecule is O=C(CCCc1ccccc1)CN1CCCNCC1. The fourth-order valence-corrected chi connectivity index (χ4v) is 2.52. The van der Waals surface area contributed by atoms with Gasteiger partial charge in [0.1, 0.15) is 5.78 Å². The lowest BCUT2D eigenvalue weighted by molar-refractivity contribution is -0.120. The van der Waals surface area contributed by atoms with Crippen LogP contribution in [0.1, 0.15) is 24.8 Å². The van der Waals surface area contributed by atoms with Gasteiger partial charge in [-0.15, -0.1) is 0 Å². The number of carbonyl (C=O) groups excluding carboxylic acids is 1. The van der Waals surface area contributed by atoms with Crippen molar-refractivity contribution in [3.05, 3.63) is 35.9 Å². The predicted octanol–water partition coefficient (Wildman–Crippen LogP) is 1.87. The van der Waals surface area contributed by atoms with E-state index in [0.717, 1.165) is 45.4 Å². The van der Waals surface area contributed by atoms with Crippen LogP contribution in [0.3, 0.4) is 0 Å². The van der Waals surface area contributed by atoms with Crippen LogP contribution in [0, 0.1) is 0 Å². The summed E-state index contributed by atoms with van der Waals surface area (Å²) in [5.74, 6) is 0.387. The van der Waals surface area contributed by atoms with Gasteiger partial charge in [-0.05, 0) is 37.9 Å². The molecule has 2 rings (SSSR count). The number of carbonyl (C=O) groups is 1. The van der Waals surface area contributed by atoms with Crippen LogP contribution >= 0.6 is 0 Å². The number of Topliss-reactive ketones (excluding diaryl/α,β-unsaturated/α-hetero) is 1. The van der Waals surface area contributed by atoms with Crippen LogP contribution in [0.4, 0.5) is 0 Å². The van der Waals surface area contributed by atoms with Gasteiger partial charge in [0.25, 0.3) is 0 Å². The average molecular weight is 260 g/mol. The van der Waals surface area contributed by atoms with Crippen molar-refractivity contribution in [3.8, 4) is 0 Å². The quantitative estimate of drug-likeness (QED) is 0.847. The first kappa shape index (κ1) is 14.2. The summed E-state index contributed by atoms with van der Waals surface area (Å²) in [6.45, 7) is 4.79. The van der Waals surface area contributed by atoms with Gasteiger partial charge in [-0.25, -0.2) is 0 Å². The Morgan fingerprint density at radius 1 is 1.16 bits per heavy atom. The Kier molecular flexibility index (Phi) is 6.05. The molecule has 1 fully saturated rings. The fourth-order valence-electron chi connectivity index (χ4n) is 2.52. The Bertz CT molecular complexity index is 370. The molecule has 0 amide bonds. The minimum absolute atomic E-state index is 0.387. The van der Waals surface area contributed by atoms with Crippen LogP contribution in [0.2, 0.25) is 0 Å². The monoisotopic (exact) mass is 260 g/mol. The van der Waals surface area contributed by atoms with E-state index in [2.05, 4.69) is 34.5 Å². The van der Waals surface area contributed by atoms with E-state index in [1.807, 2.05) is 6.07 Å². The Balaban J connectivity index is 1.64. The third kappa shape index (κ3) is 5.53. The predicted molar refractivity (Wildman–Crippen MR) is 78.3 cm³/mol. The zero-order chi connectivity index (χ0) is 13.3. The second-order valence-corrected chi connectivity index (χ2v) is 5.26. The summed E-state index contributed by atoms with van der Waals surface area (Å²) >= 11 is 0. The largest absolute Gasteiger partial charge is 0.315 e. The number of aryl methyl sites for hydroxylation is 1. The van der Waals surface area contributed by atoms with E-state index in [1.165, 1.54) is 5.56 Å². The first-order chi connectivity index (χ1) is 9.34. The van der Waals surface area contributed by atoms with Gasteiger partial charge in [0.05, 0.1) is 6.54 Å². The third-order valence-electron chi connectivity index (χ3n) is 3.60. The van der Waals surface area contributed by atoms with E-state index in [9.17, 15) is 4.79 Å². The van der Waals surface area contributed by atoms with E-state index in [1.54, 1.807) is 0 Å². The van der Waals surface area contributed by atoms with Crippen LogP contribution in [0.5, 0.6) is 0 Å². The maximum absolute atomic E-state index is 12.0. The maximum atomic E-state index is 12.0. The zero-order valence-corrected chi connectivity index (χ0v) is 11.6. The van der Waals surface area contributed by atoms with Crippen molar-refractivity contribution < 1.29 is 4.79 Å². The lowest BCUT2D eigenvalue weighted by Crippen LogP contribution is -2.33. The molecule has 104 valence electrons. The molecule has 1 aromatic rings. The molecule has 1 aromatic carbocycles. The van der Waals surface area contributed by atoms with Crippen molar-refractivity contribution in [2.45, 2.75) is 25.7 Å². The molecule has 1 saturated heterocycles. The maximum Gasteiger partial charge on any atom is 0.146 e. The summed E-state index contributed by atoms with van der Waals surface area (Å²) in [6.07, 6.45) is 3.83. The van der Waals surface area contributed by atoms with Gasteiger partial charge in [0.15, 0.2) is 0 Å². The molecule has 1 heterocycles. The minimum atomic E-state index is 0.387. The number of benzene rings is 1. The zero-order valence-electron chi connectivity index (χ0n) is 11.6. The highest BCUT2D eigenvalue weighted by Crippen LogP contribution is 2.05. The molecule has 19 heavy (non-hydrogen) atoms. The van der Waals surface area contributed by atoms with Crippen molar-refractivity contribution in [1.82, 2.24) is 10.2 Å². The average Bonchev–Trinajstić information content (AvgIpc) is 2.68. The van der Waals surface area contributed by atoms with E-state index in [0.29, 0.717) is 18.7 Å². The van der Waals surface area contributed by atoms with E-state index < -0.39 is 0 Å². The Morgan fingerprint density at radius 3 is 2.84 bits per heavy atom. The van der Waals surface area contributed by atoms with Crippen molar-refractivity contribution >= 4 is 5.78 Å². The summed E-state index contributed by atoms with van der Waals surface area (Å²) in [5, 5.41) is 3.36. The van der Waals surface area contributed by atoms with Gasteiger partial charge < -0.3 is 5.32 Å². The van der Waals surface area contributed by atoms with Crippen LogP contribution in [0.15, 0.2) is 30.3 Å². The molecule has 3 nitrogen and oxygen atoms in total. The summed E-state index contributed by atoms with van der Waals surface area (Å²) in [5.41, 5.74) is 1.33. The number of hydrogen-bond acceptors (Lipinski definition) is 3. The topological polar surface area (TPSA) is 32.3 Å². The molecule has 0 saturated carbocycles. The van der Waals surface area contributed by atoms with Crippen LogP contribution in [-0.4, -0.2) is 43.4 Å². The molecule has 0 bridgehead atoms. The highest BCUT2D eigenvalue weighted by molar-refractivity contribution is 5.80. The summed E-state index contributed by atoms with van der Waals surface area (Å²) in [6, 6.07) is 10.4. The molecule has 0 spiro atoms. The highest BCUT2D eigenvalue weighted by atomic mass is 16.1. The molecule has 1 aliphatic heterocycles. The molecule has 3 heteroatoms. The summed E-state index contributed by atoms with van der Waals surface area (Å²) in [7, 11) is 0. The molecular weight excluding hydrogens is 236 g/mol. The summed E-state index contributed by atoms with van der Waals surface area (Å²) < 4.78 is 0. The van der Waals surface area contributed by atoms with Crippen molar-refractivity contribution in [1.29, 1.82) is 0 Å². The fraction of sp³-hybridized carbons (Fsp3) is 0.562. The number of ketones is 1. The molecule has 0 aliphatic carbocycles. The highest BCUT2D eigenvalue weighted by Gasteiger charge is 2.12. The second kappa shape index (κ2) is 8.08. The smallest absolute Gasteiger partial charge is 0.146 e. The van der Waals surface area contributed by atoms with Gasteiger partial charge in [-0.3, -0.25) is 9.69 Å². The standard InChI is InChI=1S/C16H24N2O/c19-16(14-18-12-5-10-17-11-13-18)9-4-8-15-6-2-1-3-7-15/h1-3,6-7,17H,4-5,8-14H2. The normalized spacial score (nSPS) is 17.1. The van der Waals surface area contributed by atoms with E-state index in [4.69, 9.17) is 0 Å². The van der Waals surface area contributed by atoms with Crippen LogP contribution < -0.4 is 5.32 Å². The molecule has 0 aromatic heterocycles. The lowest BCUT2D eigenvalue weighted by Gasteiger charge is -2.18. The number of rotatable bonds is 6. The number of nitrogens with one attached hydrogen (secondary N) is 1. The van der Waals surface area contributed by atoms with Gasteiger partial charge in [0, 0.05) is 19.5 Å². The molecule has 0 radical (unpaired) electrons. The number of nitrogens with zero attached hydrogens (tertiary/aromatic N) is 1. The van der Waals surface area contributed by atoms with Gasteiger partial charge >= 0.3 is 0 Å². The molecule has 1 aliphatic rings. The molecular formula is C16H24N2O. The minimum Gasteiger partial charge on any atom is -0.315 e. The summed E-state index contributed by atoms with van der Waals surface area (Å²) in [4.78, 5) is 14.2. The van der Waals surface area contributed by atoms with Gasteiger partial charge in [-0.1, -0.05) is 30.3 Å². The molecule has 0 atom stereocenters. The first-order valence-electron chi connectivity index (χ1n) is 7.33. The second-order valence-electron chi connectivity index (χ2n) is 5.26. The van der Waals surface area contributed by atoms with Crippen molar-refractivity contribution in [2.24, 2.45) is 0 Å². The Morgan fingerprint density at radius 2 is 2.00 bits per heavy atom. The van der Waals surface area contributed by atoms with Crippen molar-refractivity contribution in [2.75, 3.05) is 32.7 Å². The Labute approximate surface area is 116 Å². The van der Waals surface area contributed by atoms with E-state index >= 15 is 0 Å². The van der Waals surface area contributed by atoms with Gasteiger partial charge in [0.2, 0.25) is 0 Å². The molecule has 0 unspecified atom stereocenters. The van der Waals surface area contributed by atoms with Crippen LogP contribution in [-0.2, 0) is 11.2 Å². The van der Waals surface area contributed by atoms with Crippen molar-refractivity contribution in [3.63, 3.8) is 0 Å². The van der Waals surface area contributed by atoms with Crippen LogP contribution in [0.25, 0.3) is 0 Å². The third-order valence-corrected chi connectivity index (χ3v) is 3.60.